The number of aliphatic hydroxyl groups excluding tert-OH is 2. The van der Waals surface area contributed by atoms with Gasteiger partial charge < -0.3 is 10.2 Å². The van der Waals surface area contributed by atoms with Gasteiger partial charge in [-0.05, 0) is 43.4 Å². The topological polar surface area (TPSA) is 53.4 Å². The van der Waals surface area contributed by atoms with Gasteiger partial charge in [-0.2, -0.15) is 0 Å². The second kappa shape index (κ2) is 5.83. The molecule has 0 fully saturated rings. The largest absolute Gasteiger partial charge is 0.391 e. The Hall–Kier alpha value is -0.930. The number of hydrogen-bond donors (Lipinski definition) is 2. The molecule has 0 spiro atoms. The summed E-state index contributed by atoms with van der Waals surface area (Å²) < 4.78 is 0. The van der Waals surface area contributed by atoms with Crippen LogP contribution in [-0.4, -0.2) is 27.4 Å². The first kappa shape index (κ1) is 12.1. The third-order valence-corrected chi connectivity index (χ3v) is 2.75. The van der Waals surface area contributed by atoms with Gasteiger partial charge in [0.1, 0.15) is 0 Å². The molecule has 2 N–H and O–H groups in total. The van der Waals surface area contributed by atoms with E-state index in [1.54, 1.807) is 19.3 Å². The molecule has 0 bridgehead atoms. The highest BCUT2D eigenvalue weighted by atomic mass is 16.3. The SMILES string of the molecule is CCC(CC(O)C(C)O)c1ccncc1. The molecule has 1 aromatic rings. The lowest BCUT2D eigenvalue weighted by Crippen LogP contribution is -2.24. The zero-order chi connectivity index (χ0) is 11.3. The lowest BCUT2D eigenvalue weighted by atomic mass is 9.90. The van der Waals surface area contributed by atoms with Gasteiger partial charge in [-0.1, -0.05) is 6.92 Å². The van der Waals surface area contributed by atoms with E-state index in [9.17, 15) is 10.2 Å². The lowest BCUT2D eigenvalue weighted by molar-refractivity contribution is 0.0215. The zero-order valence-electron chi connectivity index (χ0n) is 9.30. The minimum Gasteiger partial charge on any atom is -0.391 e. The first-order valence-corrected chi connectivity index (χ1v) is 5.41. The van der Waals surface area contributed by atoms with Crippen molar-refractivity contribution < 1.29 is 10.2 Å². The average Bonchev–Trinajstić information content (AvgIpc) is 2.26. The second-order valence-corrected chi connectivity index (χ2v) is 3.93. The van der Waals surface area contributed by atoms with Crippen molar-refractivity contribution in [3.05, 3.63) is 30.1 Å². The van der Waals surface area contributed by atoms with Crippen molar-refractivity contribution in [3.63, 3.8) is 0 Å². The molecule has 3 atom stereocenters. The molecule has 1 aromatic heterocycles. The molecular formula is C12H19NO2. The second-order valence-electron chi connectivity index (χ2n) is 3.93. The molecule has 1 rings (SSSR count). The fourth-order valence-corrected chi connectivity index (χ4v) is 1.66. The van der Waals surface area contributed by atoms with Crippen LogP contribution in [-0.2, 0) is 0 Å². The highest BCUT2D eigenvalue weighted by Gasteiger charge is 2.18. The molecule has 84 valence electrons. The third kappa shape index (κ3) is 3.61. The van der Waals surface area contributed by atoms with Crippen LogP contribution in [0, 0.1) is 0 Å². The summed E-state index contributed by atoms with van der Waals surface area (Å²) in [7, 11) is 0. The van der Waals surface area contributed by atoms with Crippen molar-refractivity contribution >= 4 is 0 Å². The molecule has 0 aliphatic rings. The first-order chi connectivity index (χ1) is 7.15. The lowest BCUT2D eigenvalue weighted by Gasteiger charge is -2.20. The predicted molar refractivity (Wildman–Crippen MR) is 59.6 cm³/mol. The van der Waals surface area contributed by atoms with Crippen LogP contribution in [0.5, 0.6) is 0 Å². The van der Waals surface area contributed by atoms with E-state index in [0.29, 0.717) is 6.42 Å². The van der Waals surface area contributed by atoms with E-state index in [1.807, 2.05) is 12.1 Å². The normalized spacial score (nSPS) is 17.1. The number of pyridine rings is 1. The van der Waals surface area contributed by atoms with Crippen LogP contribution in [0.2, 0.25) is 0 Å². The van der Waals surface area contributed by atoms with Crippen LogP contribution in [0.1, 0.15) is 38.2 Å². The van der Waals surface area contributed by atoms with Crippen molar-refractivity contribution in [2.24, 2.45) is 0 Å². The first-order valence-electron chi connectivity index (χ1n) is 5.41. The van der Waals surface area contributed by atoms with E-state index in [-0.39, 0.29) is 5.92 Å². The monoisotopic (exact) mass is 209 g/mol. The standard InChI is InChI=1S/C12H19NO2/c1-3-10(8-12(15)9(2)14)11-4-6-13-7-5-11/h4-7,9-10,12,14-15H,3,8H2,1-2H3. The Morgan fingerprint density at radius 1 is 1.27 bits per heavy atom. The van der Waals surface area contributed by atoms with Crippen molar-refractivity contribution in [3.8, 4) is 0 Å². The van der Waals surface area contributed by atoms with E-state index in [2.05, 4.69) is 11.9 Å². The third-order valence-electron chi connectivity index (χ3n) is 2.75. The van der Waals surface area contributed by atoms with Gasteiger partial charge in [0.25, 0.3) is 0 Å². The van der Waals surface area contributed by atoms with E-state index in [1.165, 1.54) is 5.56 Å². The number of nitrogens with zero attached hydrogens (tertiary/aromatic N) is 1. The van der Waals surface area contributed by atoms with E-state index >= 15 is 0 Å². The van der Waals surface area contributed by atoms with Crippen molar-refractivity contribution in [1.82, 2.24) is 4.98 Å². The van der Waals surface area contributed by atoms with Crippen LogP contribution in [0.3, 0.4) is 0 Å². The summed E-state index contributed by atoms with van der Waals surface area (Å²) in [5.74, 6) is 0.289. The number of aromatic nitrogens is 1. The minimum absolute atomic E-state index is 0.289. The maximum atomic E-state index is 9.62. The molecule has 3 unspecified atom stereocenters. The molecule has 0 amide bonds. The van der Waals surface area contributed by atoms with Crippen LogP contribution < -0.4 is 0 Å². The van der Waals surface area contributed by atoms with Gasteiger partial charge in [0.15, 0.2) is 0 Å². The van der Waals surface area contributed by atoms with Gasteiger partial charge in [-0.3, -0.25) is 4.98 Å². The maximum Gasteiger partial charge on any atom is 0.0802 e. The van der Waals surface area contributed by atoms with Gasteiger partial charge in [0, 0.05) is 12.4 Å². The molecule has 15 heavy (non-hydrogen) atoms. The van der Waals surface area contributed by atoms with Gasteiger partial charge in [0.2, 0.25) is 0 Å². The van der Waals surface area contributed by atoms with E-state index < -0.39 is 12.2 Å². The Bertz CT molecular complexity index is 274. The highest BCUT2D eigenvalue weighted by molar-refractivity contribution is 5.15. The average molecular weight is 209 g/mol. The number of rotatable bonds is 5. The molecule has 1 heterocycles. The summed E-state index contributed by atoms with van der Waals surface area (Å²) >= 11 is 0. The number of hydrogen-bond acceptors (Lipinski definition) is 3. The van der Waals surface area contributed by atoms with E-state index in [4.69, 9.17) is 0 Å². The summed E-state index contributed by atoms with van der Waals surface area (Å²) in [6.45, 7) is 3.70. The fraction of sp³-hybridized carbons (Fsp3) is 0.583. The molecule has 0 aliphatic heterocycles. The van der Waals surface area contributed by atoms with Crippen LogP contribution in [0.25, 0.3) is 0 Å². The van der Waals surface area contributed by atoms with Crippen LogP contribution in [0.4, 0.5) is 0 Å². The predicted octanol–water partition coefficient (Wildman–Crippen LogP) is 1.71. The molecule has 0 saturated heterocycles. The summed E-state index contributed by atoms with van der Waals surface area (Å²) in [6, 6.07) is 3.92. The minimum atomic E-state index is -0.666. The van der Waals surface area contributed by atoms with Crippen molar-refractivity contribution in [1.29, 1.82) is 0 Å². The van der Waals surface area contributed by atoms with Gasteiger partial charge in [-0.15, -0.1) is 0 Å². The van der Waals surface area contributed by atoms with Crippen molar-refractivity contribution in [2.75, 3.05) is 0 Å². The van der Waals surface area contributed by atoms with Gasteiger partial charge in [-0.25, -0.2) is 0 Å². The molecule has 0 saturated carbocycles. The zero-order valence-corrected chi connectivity index (χ0v) is 9.30. The van der Waals surface area contributed by atoms with Crippen molar-refractivity contribution in [2.45, 2.75) is 44.8 Å². The Kier molecular flexibility index (Phi) is 4.72. The summed E-state index contributed by atoms with van der Waals surface area (Å²) in [6.07, 6.45) is 3.75. The smallest absolute Gasteiger partial charge is 0.0802 e. The maximum absolute atomic E-state index is 9.62. The highest BCUT2D eigenvalue weighted by Crippen LogP contribution is 2.24. The molecule has 0 aliphatic carbocycles. The Morgan fingerprint density at radius 3 is 2.33 bits per heavy atom. The summed E-state index contributed by atoms with van der Waals surface area (Å²) in [5, 5.41) is 18.9. The summed E-state index contributed by atoms with van der Waals surface area (Å²) in [4.78, 5) is 3.96. The van der Waals surface area contributed by atoms with Crippen LogP contribution in [0.15, 0.2) is 24.5 Å². The quantitative estimate of drug-likeness (QED) is 0.776. The summed E-state index contributed by atoms with van der Waals surface area (Å²) in [5.41, 5.74) is 1.17. The molecule has 3 nitrogen and oxygen atoms in total. The van der Waals surface area contributed by atoms with Crippen LogP contribution >= 0.6 is 0 Å². The fourth-order valence-electron chi connectivity index (χ4n) is 1.66. The Labute approximate surface area is 90.8 Å². The molecule has 0 aromatic carbocycles. The Balaban J connectivity index is 2.65. The van der Waals surface area contributed by atoms with Gasteiger partial charge >= 0.3 is 0 Å². The number of aliphatic hydroxyl groups is 2. The molecule has 3 heteroatoms. The van der Waals surface area contributed by atoms with Gasteiger partial charge in [0.05, 0.1) is 12.2 Å². The molecular weight excluding hydrogens is 190 g/mol. The van der Waals surface area contributed by atoms with E-state index in [0.717, 1.165) is 6.42 Å². The Morgan fingerprint density at radius 2 is 1.87 bits per heavy atom. The molecule has 0 radical (unpaired) electrons.